The molecule has 0 spiro atoms. The summed E-state index contributed by atoms with van der Waals surface area (Å²) in [5, 5.41) is 0. The Bertz CT molecular complexity index is 724. The molecule has 2 saturated carbocycles. The van der Waals surface area contributed by atoms with Gasteiger partial charge in [0.2, 0.25) is 11.8 Å². The molecule has 3 nitrogen and oxygen atoms in total. The first kappa shape index (κ1) is 14.9. The minimum Gasteiger partial charge on any atom is -0.274 e. The van der Waals surface area contributed by atoms with Crippen molar-refractivity contribution in [1.82, 2.24) is 0 Å². The van der Waals surface area contributed by atoms with Crippen molar-refractivity contribution in [3.63, 3.8) is 0 Å². The quantitative estimate of drug-likeness (QED) is 0.528. The molecule has 0 N–H and O–H groups in total. The van der Waals surface area contributed by atoms with Gasteiger partial charge in [0.15, 0.2) is 0 Å². The second-order valence-corrected chi connectivity index (χ2v) is 8.50. The number of nitrogens with zero attached hydrogens (tertiary/aromatic N) is 1. The van der Waals surface area contributed by atoms with Crippen LogP contribution in [0.1, 0.15) is 38.5 Å². The number of imide groups is 1. The lowest BCUT2D eigenvalue weighted by molar-refractivity contribution is -0.122. The number of hydrogen-bond donors (Lipinski definition) is 0. The molecule has 3 fully saturated rings. The minimum atomic E-state index is -0.106. The van der Waals surface area contributed by atoms with Gasteiger partial charge in [0, 0.05) is 4.47 Å². The molecule has 4 heteroatoms. The molecule has 1 aliphatic heterocycles. The van der Waals surface area contributed by atoms with Gasteiger partial charge >= 0.3 is 0 Å². The van der Waals surface area contributed by atoms with Gasteiger partial charge in [-0.15, -0.1) is 0 Å². The molecule has 1 saturated heterocycles. The normalized spacial score (nSPS) is 34.6. The molecule has 0 aromatic heterocycles. The number of allylic oxidation sites excluding steroid dienone is 2. The number of amides is 2. The van der Waals surface area contributed by atoms with Crippen LogP contribution in [0.25, 0.3) is 0 Å². The summed E-state index contributed by atoms with van der Waals surface area (Å²) in [7, 11) is 0. The number of carbonyl (C=O) groups is 2. The van der Waals surface area contributed by atoms with E-state index in [1.54, 1.807) is 11.1 Å². The highest BCUT2D eigenvalue weighted by Gasteiger charge is 2.59. The number of hydrogen-bond acceptors (Lipinski definition) is 2. The van der Waals surface area contributed by atoms with Crippen LogP contribution in [-0.4, -0.2) is 11.8 Å². The van der Waals surface area contributed by atoms with Crippen LogP contribution in [0.2, 0.25) is 0 Å². The summed E-state index contributed by atoms with van der Waals surface area (Å²) < 4.78 is 0.959. The zero-order valence-corrected chi connectivity index (χ0v) is 15.1. The third-order valence-electron chi connectivity index (χ3n) is 6.58. The van der Waals surface area contributed by atoms with Gasteiger partial charge in [-0.3, -0.25) is 14.5 Å². The summed E-state index contributed by atoms with van der Waals surface area (Å²) in [5.41, 5.74) is 3.83. The molecular formula is C20H20BrNO2. The van der Waals surface area contributed by atoms with E-state index in [0.717, 1.165) is 35.8 Å². The SMILES string of the molecule is O=C1[C@@H]2[C@@H](C(=O)N1c1ccc(Br)cc1)[C@H]1CCCC1=C1CCC[C@H]12. The van der Waals surface area contributed by atoms with Crippen molar-refractivity contribution in [2.24, 2.45) is 23.7 Å². The number of benzene rings is 1. The van der Waals surface area contributed by atoms with Crippen LogP contribution in [0.3, 0.4) is 0 Å². The zero-order chi connectivity index (χ0) is 16.4. The van der Waals surface area contributed by atoms with Gasteiger partial charge in [-0.05, 0) is 74.6 Å². The molecule has 4 aliphatic rings. The maximum absolute atomic E-state index is 13.2. The fourth-order valence-electron chi connectivity index (χ4n) is 5.74. The van der Waals surface area contributed by atoms with Gasteiger partial charge in [0.05, 0.1) is 17.5 Å². The second-order valence-electron chi connectivity index (χ2n) is 7.59. The molecule has 1 aromatic rings. The zero-order valence-electron chi connectivity index (χ0n) is 13.5. The van der Waals surface area contributed by atoms with Crippen LogP contribution in [0, 0.1) is 23.7 Å². The van der Waals surface area contributed by atoms with Gasteiger partial charge < -0.3 is 0 Å². The first-order valence-electron chi connectivity index (χ1n) is 9.02. The summed E-state index contributed by atoms with van der Waals surface area (Å²) in [6, 6.07) is 7.54. The second kappa shape index (κ2) is 5.29. The predicted octanol–water partition coefficient (Wildman–Crippen LogP) is 4.47. The number of halogens is 1. The largest absolute Gasteiger partial charge is 0.274 e. The molecule has 124 valence electrons. The summed E-state index contributed by atoms with van der Waals surface area (Å²) in [4.78, 5) is 28.0. The lowest BCUT2D eigenvalue weighted by atomic mass is 9.66. The summed E-state index contributed by atoms with van der Waals surface area (Å²) in [5.74, 6) is 0.536. The number of rotatable bonds is 1. The molecule has 2 amide bonds. The maximum atomic E-state index is 13.2. The Morgan fingerprint density at radius 2 is 1.33 bits per heavy atom. The van der Waals surface area contributed by atoms with E-state index < -0.39 is 0 Å². The predicted molar refractivity (Wildman–Crippen MR) is 95.3 cm³/mol. The molecule has 0 radical (unpaired) electrons. The summed E-state index contributed by atoms with van der Waals surface area (Å²) in [6.45, 7) is 0. The van der Waals surface area contributed by atoms with Crippen LogP contribution in [0.4, 0.5) is 5.69 Å². The number of carbonyl (C=O) groups excluding carboxylic acids is 2. The summed E-state index contributed by atoms with van der Waals surface area (Å²) in [6.07, 6.45) is 6.83. The molecule has 0 bridgehead atoms. The standard InChI is InChI=1S/C20H20BrNO2/c21-11-7-9-12(10-8-11)22-19(23)17-15-5-1-3-13(15)14-4-2-6-16(14)18(17)20(22)24/h7-10,15-18H,1-6H2/t15-,16+,17-,18-/m0/s1. The third kappa shape index (κ3) is 1.89. The topological polar surface area (TPSA) is 37.4 Å². The summed E-state index contributed by atoms with van der Waals surface area (Å²) >= 11 is 3.42. The Labute approximate surface area is 150 Å². The van der Waals surface area contributed by atoms with Gasteiger partial charge in [-0.25, -0.2) is 0 Å². The molecule has 0 unspecified atom stereocenters. The van der Waals surface area contributed by atoms with Gasteiger partial charge in [0.1, 0.15) is 0 Å². The van der Waals surface area contributed by atoms with Crippen molar-refractivity contribution < 1.29 is 9.59 Å². The van der Waals surface area contributed by atoms with Crippen molar-refractivity contribution in [2.75, 3.05) is 4.90 Å². The van der Waals surface area contributed by atoms with E-state index in [4.69, 9.17) is 0 Å². The fourth-order valence-corrected chi connectivity index (χ4v) is 6.00. The van der Waals surface area contributed by atoms with E-state index in [-0.39, 0.29) is 23.7 Å². The van der Waals surface area contributed by atoms with E-state index in [1.807, 2.05) is 24.3 Å². The van der Waals surface area contributed by atoms with Crippen LogP contribution in [0.15, 0.2) is 39.9 Å². The number of fused-ring (bicyclic) bond motifs is 5. The van der Waals surface area contributed by atoms with E-state index in [9.17, 15) is 9.59 Å². The van der Waals surface area contributed by atoms with Crippen LogP contribution in [0.5, 0.6) is 0 Å². The van der Waals surface area contributed by atoms with Gasteiger partial charge in [-0.1, -0.05) is 27.1 Å². The Kier molecular flexibility index (Phi) is 3.28. The lowest BCUT2D eigenvalue weighted by Gasteiger charge is -2.34. The first-order valence-corrected chi connectivity index (χ1v) is 9.81. The van der Waals surface area contributed by atoms with Crippen LogP contribution in [-0.2, 0) is 9.59 Å². The Hall–Kier alpha value is -1.42. The van der Waals surface area contributed by atoms with E-state index in [2.05, 4.69) is 15.9 Å². The van der Waals surface area contributed by atoms with Crippen molar-refractivity contribution in [2.45, 2.75) is 38.5 Å². The molecule has 1 aromatic carbocycles. The smallest absolute Gasteiger partial charge is 0.238 e. The lowest BCUT2D eigenvalue weighted by Crippen LogP contribution is -2.35. The highest BCUT2D eigenvalue weighted by molar-refractivity contribution is 9.10. The minimum absolute atomic E-state index is 0.0441. The van der Waals surface area contributed by atoms with Gasteiger partial charge in [0.25, 0.3) is 0 Å². The van der Waals surface area contributed by atoms with Crippen molar-refractivity contribution in [3.05, 3.63) is 39.9 Å². The number of anilines is 1. The first-order chi connectivity index (χ1) is 11.7. The third-order valence-corrected chi connectivity index (χ3v) is 7.11. The average molecular weight is 386 g/mol. The van der Waals surface area contributed by atoms with Crippen molar-refractivity contribution in [1.29, 1.82) is 0 Å². The van der Waals surface area contributed by atoms with Crippen LogP contribution < -0.4 is 4.90 Å². The molecular weight excluding hydrogens is 366 g/mol. The van der Waals surface area contributed by atoms with E-state index in [1.165, 1.54) is 17.7 Å². The molecule has 4 atom stereocenters. The highest BCUT2D eigenvalue weighted by atomic mass is 79.9. The molecule has 24 heavy (non-hydrogen) atoms. The maximum Gasteiger partial charge on any atom is 0.238 e. The Morgan fingerprint density at radius 3 is 1.83 bits per heavy atom. The Balaban J connectivity index is 1.60. The fraction of sp³-hybridized carbons (Fsp3) is 0.500. The monoisotopic (exact) mass is 385 g/mol. The Morgan fingerprint density at radius 1 is 0.833 bits per heavy atom. The van der Waals surface area contributed by atoms with E-state index in [0.29, 0.717) is 11.8 Å². The average Bonchev–Trinajstić information content (AvgIpc) is 3.27. The molecule has 3 aliphatic carbocycles. The highest BCUT2D eigenvalue weighted by Crippen LogP contribution is 2.57. The van der Waals surface area contributed by atoms with Gasteiger partial charge in [-0.2, -0.15) is 0 Å². The molecule has 5 rings (SSSR count). The van der Waals surface area contributed by atoms with Crippen molar-refractivity contribution >= 4 is 33.4 Å². The van der Waals surface area contributed by atoms with E-state index >= 15 is 0 Å². The molecule has 1 heterocycles. The van der Waals surface area contributed by atoms with Crippen LogP contribution >= 0.6 is 15.9 Å². The van der Waals surface area contributed by atoms with Crippen molar-refractivity contribution in [3.8, 4) is 0 Å².